The highest BCUT2D eigenvalue weighted by Crippen LogP contribution is 2.37. The standard InChI is InChI=1S/C15H20N4O2/c1-20-12-8-10-5-7-19-14(4-3-6-16)17-18-15(19)11(10)9-13(12)21-2/h8-9H,3-7,16H2,1-2H3. The average molecular weight is 288 g/mol. The smallest absolute Gasteiger partial charge is 0.164 e. The second kappa shape index (κ2) is 5.73. The van der Waals surface area contributed by atoms with Crippen LogP contribution >= 0.6 is 0 Å². The number of nitrogens with zero attached hydrogens (tertiary/aromatic N) is 3. The summed E-state index contributed by atoms with van der Waals surface area (Å²) in [6, 6.07) is 4.02. The SMILES string of the molecule is COc1cc2c(cc1OC)-c1nnc(CCCN)n1CC2. The second-order valence-corrected chi connectivity index (χ2v) is 5.10. The highest BCUT2D eigenvalue weighted by atomic mass is 16.5. The Hall–Kier alpha value is -2.08. The lowest BCUT2D eigenvalue weighted by Crippen LogP contribution is -2.15. The van der Waals surface area contributed by atoms with E-state index in [1.807, 2.05) is 12.1 Å². The van der Waals surface area contributed by atoms with E-state index in [4.69, 9.17) is 15.2 Å². The van der Waals surface area contributed by atoms with Crippen LogP contribution in [0.25, 0.3) is 11.4 Å². The summed E-state index contributed by atoms with van der Waals surface area (Å²) < 4.78 is 12.9. The van der Waals surface area contributed by atoms with Crippen molar-refractivity contribution >= 4 is 0 Å². The van der Waals surface area contributed by atoms with Crippen molar-refractivity contribution in [2.45, 2.75) is 25.8 Å². The maximum atomic E-state index is 5.58. The van der Waals surface area contributed by atoms with Gasteiger partial charge in [0.1, 0.15) is 5.82 Å². The molecule has 3 rings (SSSR count). The Bertz CT molecular complexity index is 651. The molecule has 0 amide bonds. The van der Waals surface area contributed by atoms with Gasteiger partial charge >= 0.3 is 0 Å². The van der Waals surface area contributed by atoms with Crippen LogP contribution in [0.4, 0.5) is 0 Å². The van der Waals surface area contributed by atoms with Crippen molar-refractivity contribution in [1.29, 1.82) is 0 Å². The van der Waals surface area contributed by atoms with Gasteiger partial charge in [0.05, 0.1) is 14.2 Å². The van der Waals surface area contributed by atoms with E-state index < -0.39 is 0 Å². The van der Waals surface area contributed by atoms with Gasteiger partial charge in [0, 0.05) is 18.5 Å². The van der Waals surface area contributed by atoms with E-state index in [2.05, 4.69) is 14.8 Å². The van der Waals surface area contributed by atoms with Crippen molar-refractivity contribution in [3.63, 3.8) is 0 Å². The minimum atomic E-state index is 0.670. The molecule has 0 saturated heterocycles. The van der Waals surface area contributed by atoms with E-state index in [0.29, 0.717) is 6.54 Å². The third-order valence-corrected chi connectivity index (χ3v) is 3.89. The first-order chi connectivity index (χ1) is 10.3. The number of aryl methyl sites for hydroxylation is 2. The summed E-state index contributed by atoms with van der Waals surface area (Å²) in [7, 11) is 3.30. The molecule has 0 aliphatic carbocycles. The van der Waals surface area contributed by atoms with Crippen LogP contribution in [0.15, 0.2) is 12.1 Å². The molecule has 6 nitrogen and oxygen atoms in total. The maximum absolute atomic E-state index is 5.58. The number of fused-ring (bicyclic) bond motifs is 3. The molecule has 21 heavy (non-hydrogen) atoms. The number of ether oxygens (including phenoxy) is 2. The average Bonchev–Trinajstić information content (AvgIpc) is 2.94. The van der Waals surface area contributed by atoms with Gasteiger partial charge in [-0.2, -0.15) is 0 Å². The molecule has 0 atom stereocenters. The lowest BCUT2D eigenvalue weighted by Gasteiger charge is -2.20. The summed E-state index contributed by atoms with van der Waals surface area (Å²) >= 11 is 0. The molecular weight excluding hydrogens is 268 g/mol. The topological polar surface area (TPSA) is 75.2 Å². The van der Waals surface area contributed by atoms with Crippen molar-refractivity contribution in [1.82, 2.24) is 14.8 Å². The van der Waals surface area contributed by atoms with Crippen molar-refractivity contribution < 1.29 is 9.47 Å². The Balaban J connectivity index is 2.04. The van der Waals surface area contributed by atoms with Crippen LogP contribution < -0.4 is 15.2 Å². The summed E-state index contributed by atoms with van der Waals surface area (Å²) in [5.41, 5.74) is 7.87. The summed E-state index contributed by atoms with van der Waals surface area (Å²) in [5, 5.41) is 8.68. The van der Waals surface area contributed by atoms with Crippen molar-refractivity contribution in [2.75, 3.05) is 20.8 Å². The van der Waals surface area contributed by atoms with Crippen molar-refractivity contribution in [2.24, 2.45) is 5.73 Å². The molecule has 2 aromatic rings. The minimum Gasteiger partial charge on any atom is -0.493 e. The first-order valence-corrected chi connectivity index (χ1v) is 7.16. The predicted octanol–water partition coefficient (Wildman–Crippen LogP) is 1.41. The highest BCUT2D eigenvalue weighted by Gasteiger charge is 2.23. The van der Waals surface area contributed by atoms with E-state index in [1.165, 1.54) is 5.56 Å². The third kappa shape index (κ3) is 2.35. The number of benzene rings is 1. The molecule has 0 radical (unpaired) electrons. The van der Waals surface area contributed by atoms with Gasteiger partial charge in [0.15, 0.2) is 17.3 Å². The molecule has 112 valence electrons. The molecule has 0 spiro atoms. The van der Waals surface area contributed by atoms with Crippen molar-refractivity contribution in [3.05, 3.63) is 23.5 Å². The summed E-state index contributed by atoms with van der Waals surface area (Å²) in [6.45, 7) is 1.56. The molecule has 1 aliphatic heterocycles. The zero-order valence-corrected chi connectivity index (χ0v) is 12.4. The summed E-state index contributed by atoms with van der Waals surface area (Å²) in [5.74, 6) is 3.39. The van der Waals surface area contributed by atoms with Crippen molar-refractivity contribution in [3.8, 4) is 22.9 Å². The normalized spacial score (nSPS) is 12.7. The van der Waals surface area contributed by atoms with Crippen LogP contribution in [-0.4, -0.2) is 35.5 Å². The van der Waals surface area contributed by atoms with E-state index >= 15 is 0 Å². The second-order valence-electron chi connectivity index (χ2n) is 5.10. The molecule has 2 heterocycles. The van der Waals surface area contributed by atoms with Gasteiger partial charge in [0.2, 0.25) is 0 Å². The fourth-order valence-corrected chi connectivity index (χ4v) is 2.78. The molecule has 1 aromatic carbocycles. The molecule has 1 aromatic heterocycles. The number of rotatable bonds is 5. The Morgan fingerprint density at radius 3 is 2.67 bits per heavy atom. The molecule has 1 aliphatic rings. The van der Waals surface area contributed by atoms with Crippen LogP contribution in [0.2, 0.25) is 0 Å². The zero-order valence-electron chi connectivity index (χ0n) is 12.4. The fraction of sp³-hybridized carbons (Fsp3) is 0.467. The van der Waals surface area contributed by atoms with Gasteiger partial charge < -0.3 is 19.8 Å². The minimum absolute atomic E-state index is 0.670. The molecular formula is C15H20N4O2. The Labute approximate surface area is 123 Å². The Morgan fingerprint density at radius 1 is 1.19 bits per heavy atom. The fourth-order valence-electron chi connectivity index (χ4n) is 2.78. The molecule has 6 heteroatoms. The van der Waals surface area contributed by atoms with Gasteiger partial charge in [-0.3, -0.25) is 0 Å². The van der Waals surface area contributed by atoms with E-state index in [1.54, 1.807) is 14.2 Å². The third-order valence-electron chi connectivity index (χ3n) is 3.89. The van der Waals surface area contributed by atoms with Crippen LogP contribution in [0, 0.1) is 0 Å². The first-order valence-electron chi connectivity index (χ1n) is 7.16. The Kier molecular flexibility index (Phi) is 3.79. The molecule has 0 fully saturated rings. The largest absolute Gasteiger partial charge is 0.493 e. The Morgan fingerprint density at radius 2 is 1.95 bits per heavy atom. The van der Waals surface area contributed by atoms with Crippen LogP contribution in [0.3, 0.4) is 0 Å². The van der Waals surface area contributed by atoms with E-state index in [9.17, 15) is 0 Å². The first kappa shape index (κ1) is 13.9. The molecule has 0 bridgehead atoms. The van der Waals surface area contributed by atoms with E-state index in [0.717, 1.165) is 54.5 Å². The van der Waals surface area contributed by atoms with Gasteiger partial charge in [-0.25, -0.2) is 0 Å². The van der Waals surface area contributed by atoms with Gasteiger partial charge in [-0.15, -0.1) is 10.2 Å². The maximum Gasteiger partial charge on any atom is 0.164 e. The lowest BCUT2D eigenvalue weighted by molar-refractivity contribution is 0.354. The number of aromatic nitrogens is 3. The molecule has 0 saturated carbocycles. The number of hydrogen-bond donors (Lipinski definition) is 1. The lowest BCUT2D eigenvalue weighted by atomic mass is 9.99. The quantitative estimate of drug-likeness (QED) is 0.900. The number of methoxy groups -OCH3 is 2. The van der Waals surface area contributed by atoms with Crippen LogP contribution in [-0.2, 0) is 19.4 Å². The van der Waals surface area contributed by atoms with E-state index in [-0.39, 0.29) is 0 Å². The molecule has 0 unspecified atom stereocenters. The van der Waals surface area contributed by atoms with Crippen LogP contribution in [0.1, 0.15) is 17.8 Å². The monoisotopic (exact) mass is 288 g/mol. The summed E-state index contributed by atoms with van der Waals surface area (Å²) in [4.78, 5) is 0. The zero-order chi connectivity index (χ0) is 14.8. The predicted molar refractivity (Wildman–Crippen MR) is 79.6 cm³/mol. The number of hydrogen-bond acceptors (Lipinski definition) is 5. The van der Waals surface area contributed by atoms with Crippen LogP contribution in [0.5, 0.6) is 11.5 Å². The van der Waals surface area contributed by atoms with Gasteiger partial charge in [0.25, 0.3) is 0 Å². The number of nitrogens with two attached hydrogens (primary N) is 1. The molecule has 2 N–H and O–H groups in total. The highest BCUT2D eigenvalue weighted by molar-refractivity contribution is 5.67. The van der Waals surface area contributed by atoms with Gasteiger partial charge in [-0.1, -0.05) is 0 Å². The van der Waals surface area contributed by atoms with Gasteiger partial charge in [-0.05, 0) is 37.1 Å². The summed E-state index contributed by atoms with van der Waals surface area (Å²) in [6.07, 6.45) is 2.74.